The van der Waals surface area contributed by atoms with Gasteiger partial charge in [0.2, 0.25) is 0 Å². The molecule has 12 heavy (non-hydrogen) atoms. The van der Waals surface area contributed by atoms with Gasteiger partial charge in [0.25, 0.3) is 0 Å². The Labute approximate surface area is 70.4 Å². The van der Waals surface area contributed by atoms with Crippen molar-refractivity contribution >= 4 is 22.7 Å². The van der Waals surface area contributed by atoms with Crippen LogP contribution in [0.2, 0.25) is 0 Å². The minimum absolute atomic E-state index is 1.12. The van der Waals surface area contributed by atoms with E-state index in [1.165, 1.54) is 16.3 Å². The zero-order valence-electron chi connectivity index (χ0n) is 6.49. The van der Waals surface area contributed by atoms with Crippen LogP contribution >= 0.6 is 0 Å². The maximum absolute atomic E-state index is 4.16. The fourth-order valence-corrected chi connectivity index (χ4v) is 1.53. The normalized spacial score (nSPS) is 12.7. The third kappa shape index (κ3) is 0.654. The molecule has 1 aliphatic heterocycles. The van der Waals surface area contributed by atoms with Gasteiger partial charge in [0, 0.05) is 11.8 Å². The molecule has 0 spiro atoms. The van der Waals surface area contributed by atoms with Gasteiger partial charge in [0.05, 0.1) is 5.69 Å². The second kappa shape index (κ2) is 1.95. The zero-order valence-corrected chi connectivity index (χ0v) is 6.49. The molecule has 0 fully saturated rings. The summed E-state index contributed by atoms with van der Waals surface area (Å²) < 4.78 is 0. The van der Waals surface area contributed by atoms with Gasteiger partial charge in [-0.25, -0.2) is 0 Å². The maximum atomic E-state index is 4.16. The van der Waals surface area contributed by atoms with Crippen molar-refractivity contribution in [3.8, 4) is 0 Å². The third-order valence-electron chi connectivity index (χ3n) is 2.24. The van der Waals surface area contributed by atoms with Crippen LogP contribution in [0.15, 0.2) is 41.4 Å². The van der Waals surface area contributed by atoms with E-state index in [1.807, 2.05) is 6.21 Å². The molecule has 1 heterocycles. The Balaban J connectivity index is 2.46. The zero-order chi connectivity index (χ0) is 7.97. The predicted octanol–water partition coefficient (Wildman–Crippen LogP) is 2.90. The van der Waals surface area contributed by atoms with Crippen molar-refractivity contribution in [1.29, 1.82) is 0 Å². The van der Waals surface area contributed by atoms with Crippen molar-refractivity contribution in [2.45, 2.75) is 0 Å². The minimum Gasteiger partial charge on any atom is -0.255 e. The molecular formula is C11H7N. The standard InChI is InChI=1S/C11H7N/c1-2-4-9-6-11-10(7-12-11)5-8(9)3-1/h1-7H. The SMILES string of the molecule is C1=Nc2cc3ccccc3cc21. The summed E-state index contributed by atoms with van der Waals surface area (Å²) in [5.41, 5.74) is 2.38. The van der Waals surface area contributed by atoms with E-state index in [9.17, 15) is 0 Å². The summed E-state index contributed by atoms with van der Waals surface area (Å²) in [6, 6.07) is 12.7. The number of hydrogen-bond donors (Lipinski definition) is 0. The molecule has 0 radical (unpaired) electrons. The van der Waals surface area contributed by atoms with E-state index in [-0.39, 0.29) is 0 Å². The summed E-state index contributed by atoms with van der Waals surface area (Å²) in [6.45, 7) is 0. The van der Waals surface area contributed by atoms with Crippen LogP contribution in [0.3, 0.4) is 0 Å². The van der Waals surface area contributed by atoms with Crippen molar-refractivity contribution in [2.75, 3.05) is 0 Å². The molecule has 2 aromatic rings. The second-order valence-electron chi connectivity index (χ2n) is 3.02. The third-order valence-corrected chi connectivity index (χ3v) is 2.24. The Kier molecular flexibility index (Phi) is 0.965. The molecule has 2 aromatic carbocycles. The van der Waals surface area contributed by atoms with Gasteiger partial charge in [-0.15, -0.1) is 0 Å². The van der Waals surface area contributed by atoms with Crippen LogP contribution in [-0.2, 0) is 0 Å². The lowest BCUT2D eigenvalue weighted by atomic mass is 10.0. The molecule has 1 heteroatoms. The van der Waals surface area contributed by atoms with Crippen molar-refractivity contribution in [2.24, 2.45) is 4.99 Å². The fraction of sp³-hybridized carbons (Fsp3) is 0. The average Bonchev–Trinajstić information content (AvgIpc) is 2.09. The highest BCUT2D eigenvalue weighted by Crippen LogP contribution is 2.29. The number of benzene rings is 2. The Hall–Kier alpha value is -1.63. The lowest BCUT2D eigenvalue weighted by Crippen LogP contribution is -1.91. The summed E-state index contributed by atoms with van der Waals surface area (Å²) in [7, 11) is 0. The first kappa shape index (κ1) is 5.95. The van der Waals surface area contributed by atoms with Crippen LogP contribution in [0.5, 0.6) is 0 Å². The van der Waals surface area contributed by atoms with Gasteiger partial charge in [-0.1, -0.05) is 24.3 Å². The van der Waals surface area contributed by atoms with Crippen LogP contribution in [-0.4, -0.2) is 6.21 Å². The minimum atomic E-state index is 1.12. The predicted molar refractivity (Wildman–Crippen MR) is 51.2 cm³/mol. The second-order valence-corrected chi connectivity index (χ2v) is 3.02. The quantitative estimate of drug-likeness (QED) is 0.471. The van der Waals surface area contributed by atoms with Gasteiger partial charge in [-0.3, -0.25) is 4.99 Å². The van der Waals surface area contributed by atoms with E-state index in [0.29, 0.717) is 0 Å². The molecule has 0 saturated heterocycles. The van der Waals surface area contributed by atoms with Gasteiger partial charge in [0.15, 0.2) is 0 Å². The number of rotatable bonds is 0. The van der Waals surface area contributed by atoms with Gasteiger partial charge in [-0.05, 0) is 22.9 Å². The van der Waals surface area contributed by atoms with Crippen LogP contribution < -0.4 is 0 Å². The molecular weight excluding hydrogens is 146 g/mol. The molecule has 0 amide bonds. The van der Waals surface area contributed by atoms with E-state index < -0.39 is 0 Å². The summed E-state index contributed by atoms with van der Waals surface area (Å²) in [5, 5.41) is 2.57. The van der Waals surface area contributed by atoms with Gasteiger partial charge < -0.3 is 0 Å². The van der Waals surface area contributed by atoms with Crippen LogP contribution in [0, 0.1) is 0 Å². The lowest BCUT2D eigenvalue weighted by Gasteiger charge is -2.09. The van der Waals surface area contributed by atoms with Crippen molar-refractivity contribution in [3.05, 3.63) is 42.0 Å². The molecule has 0 saturated carbocycles. The van der Waals surface area contributed by atoms with Crippen molar-refractivity contribution in [1.82, 2.24) is 0 Å². The molecule has 1 nitrogen and oxygen atoms in total. The van der Waals surface area contributed by atoms with E-state index in [0.717, 1.165) is 5.69 Å². The molecule has 0 bridgehead atoms. The lowest BCUT2D eigenvalue weighted by molar-refractivity contribution is 1.47. The van der Waals surface area contributed by atoms with E-state index in [2.05, 4.69) is 41.4 Å². The Bertz CT molecular complexity index is 439. The number of aliphatic imine (C=N–C) groups is 1. The van der Waals surface area contributed by atoms with Crippen LogP contribution in [0.4, 0.5) is 5.69 Å². The summed E-state index contributed by atoms with van der Waals surface area (Å²) in [5.74, 6) is 0. The molecule has 0 aliphatic carbocycles. The number of fused-ring (bicyclic) bond motifs is 2. The smallest absolute Gasteiger partial charge is 0.0724 e. The highest BCUT2D eigenvalue weighted by Gasteiger charge is 2.07. The molecule has 1 aliphatic rings. The highest BCUT2D eigenvalue weighted by atomic mass is 14.8. The van der Waals surface area contributed by atoms with Crippen LogP contribution in [0.1, 0.15) is 5.56 Å². The van der Waals surface area contributed by atoms with Gasteiger partial charge in [0.1, 0.15) is 0 Å². The first-order valence-electron chi connectivity index (χ1n) is 4.00. The summed E-state index contributed by atoms with van der Waals surface area (Å²) in [6.07, 6.45) is 1.90. The van der Waals surface area contributed by atoms with Crippen molar-refractivity contribution in [3.63, 3.8) is 0 Å². The van der Waals surface area contributed by atoms with E-state index in [1.54, 1.807) is 0 Å². The summed E-state index contributed by atoms with van der Waals surface area (Å²) >= 11 is 0. The average molecular weight is 153 g/mol. The van der Waals surface area contributed by atoms with Crippen LogP contribution in [0.25, 0.3) is 10.8 Å². The monoisotopic (exact) mass is 153 g/mol. The Morgan fingerprint density at radius 1 is 0.917 bits per heavy atom. The van der Waals surface area contributed by atoms with Gasteiger partial charge >= 0.3 is 0 Å². The number of nitrogens with zero attached hydrogens (tertiary/aromatic N) is 1. The largest absolute Gasteiger partial charge is 0.255 e. The van der Waals surface area contributed by atoms with E-state index in [4.69, 9.17) is 0 Å². The first-order valence-corrected chi connectivity index (χ1v) is 4.00. The Morgan fingerprint density at radius 3 is 2.33 bits per heavy atom. The molecule has 0 N–H and O–H groups in total. The van der Waals surface area contributed by atoms with Gasteiger partial charge in [-0.2, -0.15) is 0 Å². The van der Waals surface area contributed by atoms with Crippen molar-refractivity contribution < 1.29 is 0 Å². The molecule has 0 atom stereocenters. The highest BCUT2D eigenvalue weighted by molar-refractivity contribution is 6.02. The molecule has 56 valence electrons. The first-order chi connectivity index (χ1) is 5.93. The maximum Gasteiger partial charge on any atom is 0.0724 e. The van der Waals surface area contributed by atoms with E-state index >= 15 is 0 Å². The number of hydrogen-bond acceptors (Lipinski definition) is 1. The molecule has 0 aromatic heterocycles. The summed E-state index contributed by atoms with van der Waals surface area (Å²) in [4.78, 5) is 4.16. The topological polar surface area (TPSA) is 12.4 Å². The Morgan fingerprint density at radius 2 is 1.67 bits per heavy atom. The fourth-order valence-electron chi connectivity index (χ4n) is 1.53. The molecule has 0 unspecified atom stereocenters. The molecule has 3 rings (SSSR count).